The third-order valence-electron chi connectivity index (χ3n) is 2.89. The fraction of sp³-hybridized carbons (Fsp3) is 0.500. The fourth-order valence-corrected chi connectivity index (χ4v) is 2.21. The molecule has 0 atom stereocenters. The summed E-state index contributed by atoms with van der Waals surface area (Å²) in [5, 5.41) is 8.97. The number of aliphatic hydroxyl groups excluding tert-OH is 1. The molecule has 0 radical (unpaired) electrons. The van der Waals surface area contributed by atoms with Crippen LogP contribution in [0.2, 0.25) is 0 Å². The lowest BCUT2D eigenvalue weighted by Crippen LogP contribution is -2.35. The van der Waals surface area contributed by atoms with E-state index in [9.17, 15) is 4.79 Å². The number of rotatable bonds is 7. The average Bonchev–Trinajstić information content (AvgIpc) is 2.33. The van der Waals surface area contributed by atoms with Crippen molar-refractivity contribution in [1.82, 2.24) is 4.90 Å². The molecule has 0 unspecified atom stereocenters. The van der Waals surface area contributed by atoms with Crippen LogP contribution in [0.4, 0.5) is 0 Å². The Labute approximate surface area is 117 Å². The van der Waals surface area contributed by atoms with Gasteiger partial charge in [0.25, 0.3) is 0 Å². The number of hydrogen-bond acceptors (Lipinski definition) is 3. The smallest absolute Gasteiger partial charge is 0.164 e. The van der Waals surface area contributed by atoms with E-state index >= 15 is 0 Å². The van der Waals surface area contributed by atoms with Gasteiger partial charge in [0, 0.05) is 35.6 Å². The van der Waals surface area contributed by atoms with Crippen LogP contribution in [-0.2, 0) is 0 Å². The molecule has 0 bridgehead atoms. The minimum Gasteiger partial charge on any atom is -0.395 e. The highest BCUT2D eigenvalue weighted by atomic mass is 79.9. The second-order valence-corrected chi connectivity index (χ2v) is 5.45. The number of nitrogens with zero attached hydrogens (tertiary/aromatic N) is 1. The van der Waals surface area contributed by atoms with Crippen LogP contribution < -0.4 is 0 Å². The number of halogens is 1. The topological polar surface area (TPSA) is 40.5 Å². The Balaban J connectivity index is 2.54. The van der Waals surface area contributed by atoms with E-state index in [0.29, 0.717) is 25.6 Å². The van der Waals surface area contributed by atoms with Gasteiger partial charge in [-0.2, -0.15) is 0 Å². The van der Waals surface area contributed by atoms with Gasteiger partial charge in [0.15, 0.2) is 5.78 Å². The number of benzene rings is 1. The second-order valence-electron chi connectivity index (χ2n) is 4.54. The molecule has 1 aromatic carbocycles. The molecule has 100 valence electrons. The number of ketones is 1. The monoisotopic (exact) mass is 313 g/mol. The highest BCUT2D eigenvalue weighted by Crippen LogP contribution is 2.13. The first-order valence-electron chi connectivity index (χ1n) is 6.18. The first kappa shape index (κ1) is 15.3. The zero-order chi connectivity index (χ0) is 13.5. The number of carbonyl (C=O) groups is 1. The van der Waals surface area contributed by atoms with Crippen LogP contribution in [0.1, 0.15) is 30.6 Å². The SMILES string of the molecule is CC(C)N(CCO)CCC(=O)c1cccc(Br)c1. The van der Waals surface area contributed by atoms with Crippen molar-refractivity contribution in [2.45, 2.75) is 26.3 Å². The minimum absolute atomic E-state index is 0.128. The molecule has 0 aromatic heterocycles. The van der Waals surface area contributed by atoms with Crippen molar-refractivity contribution in [2.24, 2.45) is 0 Å². The lowest BCUT2D eigenvalue weighted by molar-refractivity contribution is 0.0944. The minimum atomic E-state index is 0.128. The van der Waals surface area contributed by atoms with Gasteiger partial charge in [0.1, 0.15) is 0 Å². The van der Waals surface area contributed by atoms with E-state index in [-0.39, 0.29) is 12.4 Å². The molecule has 18 heavy (non-hydrogen) atoms. The molecule has 0 saturated carbocycles. The predicted octanol–water partition coefficient (Wildman–Crippen LogP) is 2.72. The molecule has 0 saturated heterocycles. The number of aliphatic hydroxyl groups is 1. The van der Waals surface area contributed by atoms with Crippen molar-refractivity contribution in [3.05, 3.63) is 34.3 Å². The molecule has 1 aromatic rings. The van der Waals surface area contributed by atoms with Crippen LogP contribution in [0.3, 0.4) is 0 Å². The van der Waals surface area contributed by atoms with Crippen molar-refractivity contribution < 1.29 is 9.90 Å². The van der Waals surface area contributed by atoms with Crippen LogP contribution in [0.15, 0.2) is 28.7 Å². The molecule has 0 fully saturated rings. The van der Waals surface area contributed by atoms with E-state index in [4.69, 9.17) is 5.11 Å². The van der Waals surface area contributed by atoms with Gasteiger partial charge in [-0.15, -0.1) is 0 Å². The van der Waals surface area contributed by atoms with E-state index in [1.165, 1.54) is 0 Å². The van der Waals surface area contributed by atoms with Gasteiger partial charge in [-0.25, -0.2) is 0 Å². The van der Waals surface area contributed by atoms with E-state index in [0.717, 1.165) is 10.0 Å². The van der Waals surface area contributed by atoms with E-state index in [2.05, 4.69) is 34.7 Å². The molecule has 0 aliphatic carbocycles. The van der Waals surface area contributed by atoms with Crippen molar-refractivity contribution >= 4 is 21.7 Å². The van der Waals surface area contributed by atoms with Crippen molar-refractivity contribution in [3.8, 4) is 0 Å². The molecule has 1 rings (SSSR count). The molecule has 3 nitrogen and oxygen atoms in total. The van der Waals surface area contributed by atoms with Gasteiger partial charge < -0.3 is 5.11 Å². The van der Waals surface area contributed by atoms with E-state index in [1.54, 1.807) is 0 Å². The van der Waals surface area contributed by atoms with Gasteiger partial charge in [0.05, 0.1) is 6.61 Å². The Bertz CT molecular complexity index is 393. The quantitative estimate of drug-likeness (QED) is 0.787. The maximum Gasteiger partial charge on any atom is 0.164 e. The van der Waals surface area contributed by atoms with Crippen LogP contribution in [0.25, 0.3) is 0 Å². The normalized spacial score (nSPS) is 11.2. The molecule has 0 amide bonds. The van der Waals surface area contributed by atoms with Gasteiger partial charge in [0.2, 0.25) is 0 Å². The van der Waals surface area contributed by atoms with Crippen LogP contribution in [-0.4, -0.2) is 41.5 Å². The van der Waals surface area contributed by atoms with Gasteiger partial charge in [-0.1, -0.05) is 28.1 Å². The Morgan fingerprint density at radius 1 is 1.39 bits per heavy atom. The van der Waals surface area contributed by atoms with Crippen molar-refractivity contribution in [1.29, 1.82) is 0 Å². The van der Waals surface area contributed by atoms with Gasteiger partial charge in [-0.3, -0.25) is 9.69 Å². The molecular formula is C14H20BrNO2. The third-order valence-corrected chi connectivity index (χ3v) is 3.38. The average molecular weight is 314 g/mol. The van der Waals surface area contributed by atoms with Gasteiger partial charge in [-0.05, 0) is 26.0 Å². The maximum absolute atomic E-state index is 12.0. The molecule has 4 heteroatoms. The zero-order valence-electron chi connectivity index (χ0n) is 10.9. The highest BCUT2D eigenvalue weighted by Gasteiger charge is 2.12. The number of Topliss-reactive ketones (excluding diaryl/α,β-unsaturated/α-hetero) is 1. The van der Waals surface area contributed by atoms with Crippen molar-refractivity contribution in [2.75, 3.05) is 19.7 Å². The number of carbonyl (C=O) groups excluding carboxylic acids is 1. The molecule has 0 spiro atoms. The molecule has 1 N–H and O–H groups in total. The molecule has 0 aliphatic rings. The fourth-order valence-electron chi connectivity index (χ4n) is 1.81. The molecule has 0 aliphatic heterocycles. The lowest BCUT2D eigenvalue weighted by atomic mass is 10.1. The van der Waals surface area contributed by atoms with E-state index < -0.39 is 0 Å². The summed E-state index contributed by atoms with van der Waals surface area (Å²) < 4.78 is 0.921. The lowest BCUT2D eigenvalue weighted by Gasteiger charge is -2.25. The molecule has 0 heterocycles. The standard InChI is InChI=1S/C14H20BrNO2/c1-11(2)16(8-9-17)7-6-14(18)12-4-3-5-13(15)10-12/h3-5,10-11,17H,6-9H2,1-2H3. The zero-order valence-corrected chi connectivity index (χ0v) is 12.5. The Kier molecular flexibility index (Phi) is 6.54. The first-order chi connectivity index (χ1) is 8.54. The van der Waals surface area contributed by atoms with Crippen molar-refractivity contribution in [3.63, 3.8) is 0 Å². The summed E-state index contributed by atoms with van der Waals surface area (Å²) in [6.07, 6.45) is 0.481. The Hall–Kier alpha value is -0.710. The van der Waals surface area contributed by atoms with Gasteiger partial charge >= 0.3 is 0 Å². The second kappa shape index (κ2) is 7.67. The summed E-state index contributed by atoms with van der Waals surface area (Å²) in [6, 6.07) is 7.79. The summed E-state index contributed by atoms with van der Waals surface area (Å²) in [6.45, 7) is 5.56. The summed E-state index contributed by atoms with van der Waals surface area (Å²) in [5.41, 5.74) is 0.733. The summed E-state index contributed by atoms with van der Waals surface area (Å²) in [4.78, 5) is 14.1. The Morgan fingerprint density at radius 3 is 2.67 bits per heavy atom. The first-order valence-corrected chi connectivity index (χ1v) is 6.97. The summed E-state index contributed by atoms with van der Waals surface area (Å²) in [5.74, 6) is 0.139. The highest BCUT2D eigenvalue weighted by molar-refractivity contribution is 9.10. The molecular weight excluding hydrogens is 294 g/mol. The Morgan fingerprint density at radius 2 is 2.11 bits per heavy atom. The summed E-state index contributed by atoms with van der Waals surface area (Å²) in [7, 11) is 0. The summed E-state index contributed by atoms with van der Waals surface area (Å²) >= 11 is 3.36. The predicted molar refractivity (Wildman–Crippen MR) is 76.9 cm³/mol. The largest absolute Gasteiger partial charge is 0.395 e. The number of hydrogen-bond donors (Lipinski definition) is 1. The van der Waals surface area contributed by atoms with Crippen LogP contribution >= 0.6 is 15.9 Å². The maximum atomic E-state index is 12.0. The van der Waals surface area contributed by atoms with E-state index in [1.807, 2.05) is 24.3 Å². The van der Waals surface area contributed by atoms with Crippen LogP contribution in [0, 0.1) is 0 Å². The van der Waals surface area contributed by atoms with Crippen LogP contribution in [0.5, 0.6) is 0 Å². The third kappa shape index (κ3) is 4.88.